The quantitative estimate of drug-likeness (QED) is 0.691. The van der Waals surface area contributed by atoms with Gasteiger partial charge in [0.05, 0.1) is 0 Å². The zero-order valence-corrected chi connectivity index (χ0v) is 8.90. The summed E-state index contributed by atoms with van der Waals surface area (Å²) >= 11 is 0. The molecule has 0 unspecified atom stereocenters. The molecule has 2 rings (SSSR count). The Morgan fingerprint density at radius 3 is 2.53 bits per heavy atom. The van der Waals surface area contributed by atoms with Crippen LogP contribution in [0.1, 0.15) is 5.56 Å². The zero-order valence-electron chi connectivity index (χ0n) is 8.90. The molecule has 0 fully saturated rings. The highest BCUT2D eigenvalue weighted by molar-refractivity contribution is 5.62. The Morgan fingerprint density at radius 2 is 1.87 bits per heavy atom. The standard InChI is InChI=1S/C13H13NO/c1-10-4-3-5-11(8-10)12-6-7-13(15)14(2)9-12/h3-9H,1-2H3. The number of rotatable bonds is 1. The topological polar surface area (TPSA) is 22.0 Å². The molecule has 0 saturated carbocycles. The number of benzene rings is 1. The van der Waals surface area contributed by atoms with Crippen molar-refractivity contribution in [2.75, 3.05) is 0 Å². The van der Waals surface area contributed by atoms with Crippen LogP contribution >= 0.6 is 0 Å². The van der Waals surface area contributed by atoms with Gasteiger partial charge in [-0.25, -0.2) is 0 Å². The second-order valence-electron chi connectivity index (χ2n) is 3.74. The summed E-state index contributed by atoms with van der Waals surface area (Å²) in [5.41, 5.74) is 3.46. The molecule has 0 aliphatic rings. The lowest BCUT2D eigenvalue weighted by Gasteiger charge is -2.04. The fourth-order valence-corrected chi connectivity index (χ4v) is 1.59. The molecule has 0 radical (unpaired) electrons. The molecule has 76 valence electrons. The molecule has 2 nitrogen and oxygen atoms in total. The molecular weight excluding hydrogens is 186 g/mol. The Bertz CT molecular complexity index is 540. The third-order valence-electron chi connectivity index (χ3n) is 2.44. The summed E-state index contributed by atoms with van der Waals surface area (Å²) in [4.78, 5) is 11.2. The van der Waals surface area contributed by atoms with Crippen molar-refractivity contribution in [3.63, 3.8) is 0 Å². The fourth-order valence-electron chi connectivity index (χ4n) is 1.59. The van der Waals surface area contributed by atoms with E-state index in [1.54, 1.807) is 17.7 Å². The first-order valence-corrected chi connectivity index (χ1v) is 4.90. The van der Waals surface area contributed by atoms with Crippen molar-refractivity contribution in [1.82, 2.24) is 4.57 Å². The van der Waals surface area contributed by atoms with E-state index < -0.39 is 0 Å². The van der Waals surface area contributed by atoms with Crippen molar-refractivity contribution in [2.24, 2.45) is 7.05 Å². The molecule has 0 amide bonds. The molecule has 1 aromatic heterocycles. The van der Waals surface area contributed by atoms with Crippen LogP contribution in [0.4, 0.5) is 0 Å². The minimum absolute atomic E-state index is 0.0198. The first-order valence-electron chi connectivity index (χ1n) is 4.90. The monoisotopic (exact) mass is 199 g/mol. The number of aryl methyl sites for hydroxylation is 2. The van der Waals surface area contributed by atoms with Gasteiger partial charge in [0, 0.05) is 19.3 Å². The number of hydrogen-bond acceptors (Lipinski definition) is 1. The number of pyridine rings is 1. The molecule has 0 aliphatic carbocycles. The molecule has 2 heteroatoms. The summed E-state index contributed by atoms with van der Waals surface area (Å²) in [7, 11) is 1.77. The van der Waals surface area contributed by atoms with Gasteiger partial charge < -0.3 is 4.57 Å². The van der Waals surface area contributed by atoms with Gasteiger partial charge in [0.25, 0.3) is 0 Å². The Balaban J connectivity index is 2.55. The third-order valence-corrected chi connectivity index (χ3v) is 2.44. The van der Waals surface area contributed by atoms with Crippen LogP contribution in [0.25, 0.3) is 11.1 Å². The second-order valence-corrected chi connectivity index (χ2v) is 3.74. The first-order chi connectivity index (χ1) is 7.16. The Labute approximate surface area is 88.8 Å². The van der Waals surface area contributed by atoms with Crippen LogP contribution in [0.2, 0.25) is 0 Å². The van der Waals surface area contributed by atoms with E-state index >= 15 is 0 Å². The van der Waals surface area contributed by atoms with Gasteiger partial charge in [-0.05, 0) is 24.1 Å². The van der Waals surface area contributed by atoms with Gasteiger partial charge in [-0.1, -0.05) is 29.8 Å². The molecule has 0 N–H and O–H groups in total. The SMILES string of the molecule is Cc1cccc(-c2ccc(=O)n(C)c2)c1. The van der Waals surface area contributed by atoms with Gasteiger partial charge in [-0.3, -0.25) is 4.79 Å². The Hall–Kier alpha value is -1.83. The van der Waals surface area contributed by atoms with Crippen LogP contribution in [-0.4, -0.2) is 4.57 Å². The fraction of sp³-hybridized carbons (Fsp3) is 0.154. The predicted molar refractivity (Wildman–Crippen MR) is 61.9 cm³/mol. The molecule has 0 spiro atoms. The molecule has 1 heterocycles. The van der Waals surface area contributed by atoms with Crippen LogP contribution in [-0.2, 0) is 7.05 Å². The zero-order chi connectivity index (χ0) is 10.8. The van der Waals surface area contributed by atoms with E-state index in [4.69, 9.17) is 0 Å². The highest BCUT2D eigenvalue weighted by atomic mass is 16.1. The third kappa shape index (κ3) is 1.99. The van der Waals surface area contributed by atoms with E-state index in [1.807, 2.05) is 24.4 Å². The van der Waals surface area contributed by atoms with Gasteiger partial charge >= 0.3 is 0 Å². The van der Waals surface area contributed by atoms with E-state index in [0.717, 1.165) is 11.1 Å². The summed E-state index contributed by atoms with van der Waals surface area (Å²) < 4.78 is 1.59. The largest absolute Gasteiger partial charge is 0.318 e. The molecule has 1 aromatic carbocycles. The molecule has 0 bridgehead atoms. The van der Waals surface area contributed by atoms with Gasteiger partial charge in [-0.15, -0.1) is 0 Å². The van der Waals surface area contributed by atoms with Crippen LogP contribution in [0.5, 0.6) is 0 Å². The van der Waals surface area contributed by atoms with Crippen molar-refractivity contribution >= 4 is 0 Å². The summed E-state index contributed by atoms with van der Waals surface area (Å²) in [6.45, 7) is 2.06. The highest BCUT2D eigenvalue weighted by Gasteiger charge is 1.98. The average Bonchev–Trinajstić information content (AvgIpc) is 2.22. The lowest BCUT2D eigenvalue weighted by atomic mass is 10.1. The van der Waals surface area contributed by atoms with Crippen LogP contribution in [0.3, 0.4) is 0 Å². The Morgan fingerprint density at radius 1 is 1.07 bits per heavy atom. The Kier molecular flexibility index (Phi) is 2.42. The lowest BCUT2D eigenvalue weighted by Crippen LogP contribution is -2.13. The normalized spacial score (nSPS) is 10.3. The van der Waals surface area contributed by atoms with Gasteiger partial charge in [-0.2, -0.15) is 0 Å². The number of aromatic nitrogens is 1. The predicted octanol–water partition coefficient (Wildman–Crippen LogP) is 2.36. The minimum atomic E-state index is 0.0198. The average molecular weight is 199 g/mol. The van der Waals surface area contributed by atoms with Crippen molar-refractivity contribution in [1.29, 1.82) is 0 Å². The van der Waals surface area contributed by atoms with Crippen molar-refractivity contribution in [3.05, 3.63) is 58.5 Å². The lowest BCUT2D eigenvalue weighted by molar-refractivity contribution is 0.862. The smallest absolute Gasteiger partial charge is 0.250 e. The molecule has 0 aliphatic heterocycles. The molecule has 0 atom stereocenters. The van der Waals surface area contributed by atoms with Crippen molar-refractivity contribution in [2.45, 2.75) is 6.92 Å². The molecular formula is C13H13NO. The molecule has 2 aromatic rings. The van der Waals surface area contributed by atoms with Gasteiger partial charge in [0.1, 0.15) is 0 Å². The maximum Gasteiger partial charge on any atom is 0.250 e. The summed E-state index contributed by atoms with van der Waals surface area (Å²) in [5.74, 6) is 0. The summed E-state index contributed by atoms with van der Waals surface area (Å²) in [6.07, 6.45) is 1.86. The van der Waals surface area contributed by atoms with Crippen molar-refractivity contribution < 1.29 is 0 Å². The van der Waals surface area contributed by atoms with Crippen LogP contribution in [0.15, 0.2) is 47.4 Å². The van der Waals surface area contributed by atoms with Crippen LogP contribution in [0, 0.1) is 6.92 Å². The van der Waals surface area contributed by atoms with E-state index in [9.17, 15) is 4.79 Å². The van der Waals surface area contributed by atoms with Gasteiger partial charge in [0.2, 0.25) is 5.56 Å². The van der Waals surface area contributed by atoms with Crippen LogP contribution < -0.4 is 5.56 Å². The van der Waals surface area contributed by atoms with Crippen molar-refractivity contribution in [3.8, 4) is 11.1 Å². The number of hydrogen-bond donors (Lipinski definition) is 0. The van der Waals surface area contributed by atoms with E-state index in [1.165, 1.54) is 5.56 Å². The van der Waals surface area contributed by atoms with E-state index in [-0.39, 0.29) is 5.56 Å². The summed E-state index contributed by atoms with van der Waals surface area (Å²) in [5, 5.41) is 0. The molecule has 15 heavy (non-hydrogen) atoms. The maximum absolute atomic E-state index is 11.2. The second kappa shape index (κ2) is 3.73. The summed E-state index contributed by atoms with van der Waals surface area (Å²) in [6, 6.07) is 11.7. The number of nitrogens with zero attached hydrogens (tertiary/aromatic N) is 1. The van der Waals surface area contributed by atoms with E-state index in [2.05, 4.69) is 19.1 Å². The molecule has 0 saturated heterocycles. The van der Waals surface area contributed by atoms with Gasteiger partial charge in [0.15, 0.2) is 0 Å². The maximum atomic E-state index is 11.2. The minimum Gasteiger partial charge on any atom is -0.318 e. The first kappa shape index (κ1) is 9.71. The highest BCUT2D eigenvalue weighted by Crippen LogP contribution is 2.18. The van der Waals surface area contributed by atoms with E-state index in [0.29, 0.717) is 0 Å².